The Morgan fingerprint density at radius 2 is 1.67 bits per heavy atom. The second kappa shape index (κ2) is 7.90. The lowest BCUT2D eigenvalue weighted by atomic mass is 9.81. The van der Waals surface area contributed by atoms with Crippen molar-refractivity contribution in [1.29, 1.82) is 0 Å². The maximum absolute atomic E-state index is 12.5. The minimum atomic E-state index is -1.02. The Kier molecular flexibility index (Phi) is 5.58. The number of carbonyl (C=O) groups is 4. The van der Waals surface area contributed by atoms with Crippen LogP contribution in [0.2, 0.25) is 0 Å². The molecule has 0 unspecified atom stereocenters. The first-order chi connectivity index (χ1) is 12.9. The summed E-state index contributed by atoms with van der Waals surface area (Å²) in [5.74, 6) is -2.34. The predicted octanol–water partition coefficient (Wildman–Crippen LogP) is 1.76. The van der Waals surface area contributed by atoms with Crippen molar-refractivity contribution in [3.8, 4) is 0 Å². The SMILES string of the molecule is C[C@@H](C(=O)OCC(=O)N(C)c1ccccc1)N1C(=O)[C@H]2CCCC[C@@H]2C1=O. The summed E-state index contributed by atoms with van der Waals surface area (Å²) in [6.45, 7) is 1.03. The zero-order valence-electron chi connectivity index (χ0n) is 15.6. The molecular weight excluding hydrogens is 348 g/mol. The van der Waals surface area contributed by atoms with Gasteiger partial charge in [-0.05, 0) is 31.9 Å². The van der Waals surface area contributed by atoms with E-state index < -0.39 is 24.5 Å². The van der Waals surface area contributed by atoms with Gasteiger partial charge in [0.2, 0.25) is 11.8 Å². The average Bonchev–Trinajstić information content (AvgIpc) is 2.96. The first-order valence-corrected chi connectivity index (χ1v) is 9.27. The molecule has 1 saturated carbocycles. The molecule has 3 rings (SSSR count). The van der Waals surface area contributed by atoms with Crippen LogP contribution in [0.5, 0.6) is 0 Å². The first-order valence-electron chi connectivity index (χ1n) is 9.27. The number of rotatable bonds is 5. The number of hydrogen-bond donors (Lipinski definition) is 0. The summed E-state index contributed by atoms with van der Waals surface area (Å²) < 4.78 is 5.09. The van der Waals surface area contributed by atoms with Gasteiger partial charge in [0.05, 0.1) is 11.8 Å². The number of ether oxygens (including phenoxy) is 1. The maximum atomic E-state index is 12.5. The van der Waals surface area contributed by atoms with Crippen molar-refractivity contribution in [3.63, 3.8) is 0 Å². The number of likely N-dealkylation sites (tertiary alicyclic amines) is 1. The fourth-order valence-corrected chi connectivity index (χ4v) is 3.82. The van der Waals surface area contributed by atoms with Crippen LogP contribution in [0, 0.1) is 11.8 Å². The number of imide groups is 1. The molecule has 0 spiro atoms. The van der Waals surface area contributed by atoms with Crippen molar-refractivity contribution in [2.24, 2.45) is 11.8 Å². The van der Waals surface area contributed by atoms with Gasteiger partial charge in [-0.15, -0.1) is 0 Å². The highest BCUT2D eigenvalue weighted by atomic mass is 16.5. The molecule has 1 aromatic rings. The number of benzene rings is 1. The minimum absolute atomic E-state index is 0.290. The Morgan fingerprint density at radius 1 is 1.11 bits per heavy atom. The highest BCUT2D eigenvalue weighted by Crippen LogP contribution is 2.38. The van der Waals surface area contributed by atoms with Crippen molar-refractivity contribution < 1.29 is 23.9 Å². The van der Waals surface area contributed by atoms with Crippen LogP contribution in [-0.4, -0.2) is 48.3 Å². The molecule has 0 radical (unpaired) electrons. The lowest BCUT2D eigenvalue weighted by molar-refractivity contribution is -0.159. The summed E-state index contributed by atoms with van der Waals surface area (Å²) in [5, 5.41) is 0. The summed E-state index contributed by atoms with van der Waals surface area (Å²) in [6.07, 6.45) is 3.22. The molecule has 3 amide bonds. The van der Waals surface area contributed by atoms with Crippen molar-refractivity contribution in [1.82, 2.24) is 4.90 Å². The van der Waals surface area contributed by atoms with E-state index in [2.05, 4.69) is 0 Å². The quantitative estimate of drug-likeness (QED) is 0.581. The Balaban J connectivity index is 1.58. The Morgan fingerprint density at radius 3 is 2.22 bits per heavy atom. The molecule has 0 N–H and O–H groups in total. The number of amides is 3. The summed E-state index contributed by atoms with van der Waals surface area (Å²) in [4.78, 5) is 52.1. The molecule has 7 nitrogen and oxygen atoms in total. The second-order valence-electron chi connectivity index (χ2n) is 7.12. The van der Waals surface area contributed by atoms with Crippen LogP contribution in [-0.2, 0) is 23.9 Å². The van der Waals surface area contributed by atoms with Gasteiger partial charge in [-0.25, -0.2) is 4.79 Å². The van der Waals surface area contributed by atoms with Crippen LogP contribution >= 0.6 is 0 Å². The maximum Gasteiger partial charge on any atom is 0.329 e. The number of carbonyl (C=O) groups excluding carboxylic acids is 4. The van der Waals surface area contributed by atoms with E-state index in [0.29, 0.717) is 18.5 Å². The Hall–Kier alpha value is -2.70. The standard InChI is InChI=1S/C20H24N2O5/c1-13(22-18(24)15-10-6-7-11-16(15)19(22)25)20(26)27-12-17(23)21(2)14-8-4-3-5-9-14/h3-5,8-9,13,15-16H,6-7,10-12H2,1-2H3/t13-,15-,16-/m0/s1. The molecule has 0 bridgehead atoms. The average molecular weight is 372 g/mol. The lowest BCUT2D eigenvalue weighted by Gasteiger charge is -2.22. The second-order valence-corrected chi connectivity index (χ2v) is 7.12. The van der Waals surface area contributed by atoms with Gasteiger partial charge in [0.15, 0.2) is 6.61 Å². The molecule has 1 aliphatic carbocycles. The van der Waals surface area contributed by atoms with Gasteiger partial charge in [-0.3, -0.25) is 19.3 Å². The number of para-hydroxylation sites is 1. The zero-order chi connectivity index (χ0) is 19.6. The predicted molar refractivity (Wildman–Crippen MR) is 97.6 cm³/mol. The third-order valence-electron chi connectivity index (χ3n) is 5.46. The zero-order valence-corrected chi connectivity index (χ0v) is 15.6. The monoisotopic (exact) mass is 372 g/mol. The topological polar surface area (TPSA) is 84.0 Å². The molecule has 1 aliphatic heterocycles. The number of nitrogens with zero attached hydrogens (tertiary/aromatic N) is 2. The Labute approximate surface area is 158 Å². The van der Waals surface area contributed by atoms with Crippen molar-refractivity contribution in [2.45, 2.75) is 38.6 Å². The molecule has 7 heteroatoms. The van der Waals surface area contributed by atoms with E-state index in [1.165, 1.54) is 11.8 Å². The van der Waals surface area contributed by atoms with Crippen LogP contribution in [0.1, 0.15) is 32.6 Å². The van der Waals surface area contributed by atoms with Crippen molar-refractivity contribution >= 4 is 29.4 Å². The van der Waals surface area contributed by atoms with Crippen LogP contribution in [0.3, 0.4) is 0 Å². The van der Waals surface area contributed by atoms with E-state index in [1.54, 1.807) is 31.3 Å². The number of hydrogen-bond acceptors (Lipinski definition) is 5. The summed E-state index contributed by atoms with van der Waals surface area (Å²) in [6, 6.07) is 7.96. The molecule has 3 atom stereocenters. The van der Waals surface area contributed by atoms with Gasteiger partial charge in [0.1, 0.15) is 6.04 Å². The van der Waals surface area contributed by atoms with Crippen LogP contribution in [0.15, 0.2) is 30.3 Å². The molecule has 2 aliphatic rings. The van der Waals surface area contributed by atoms with Crippen LogP contribution < -0.4 is 4.90 Å². The highest BCUT2D eigenvalue weighted by Gasteiger charge is 2.51. The highest BCUT2D eigenvalue weighted by molar-refractivity contribution is 6.08. The van der Waals surface area contributed by atoms with E-state index in [1.807, 2.05) is 6.07 Å². The summed E-state index contributed by atoms with van der Waals surface area (Å²) in [5.41, 5.74) is 0.681. The van der Waals surface area contributed by atoms with Gasteiger partial charge in [0.25, 0.3) is 5.91 Å². The fraction of sp³-hybridized carbons (Fsp3) is 0.500. The molecule has 1 heterocycles. The van der Waals surface area contributed by atoms with Gasteiger partial charge >= 0.3 is 5.97 Å². The van der Waals surface area contributed by atoms with E-state index in [0.717, 1.165) is 17.7 Å². The van der Waals surface area contributed by atoms with Crippen LogP contribution in [0.4, 0.5) is 5.69 Å². The van der Waals surface area contributed by atoms with E-state index in [9.17, 15) is 19.2 Å². The molecule has 1 saturated heterocycles. The smallest absolute Gasteiger partial charge is 0.329 e. The lowest BCUT2D eigenvalue weighted by Crippen LogP contribution is -2.45. The van der Waals surface area contributed by atoms with Gasteiger partial charge in [0, 0.05) is 12.7 Å². The largest absolute Gasteiger partial charge is 0.454 e. The molecule has 144 valence electrons. The number of anilines is 1. The Bertz CT molecular complexity index is 724. The van der Waals surface area contributed by atoms with E-state index >= 15 is 0 Å². The van der Waals surface area contributed by atoms with Crippen molar-refractivity contribution in [3.05, 3.63) is 30.3 Å². The van der Waals surface area contributed by atoms with Gasteiger partial charge in [-0.1, -0.05) is 31.0 Å². The molecule has 2 fully saturated rings. The van der Waals surface area contributed by atoms with E-state index in [-0.39, 0.29) is 23.7 Å². The summed E-state index contributed by atoms with van der Waals surface area (Å²) in [7, 11) is 1.59. The normalized spacial score (nSPS) is 23.0. The fourth-order valence-electron chi connectivity index (χ4n) is 3.82. The molecule has 0 aromatic heterocycles. The third kappa shape index (κ3) is 3.72. The number of esters is 1. The van der Waals surface area contributed by atoms with Crippen LogP contribution in [0.25, 0.3) is 0 Å². The minimum Gasteiger partial charge on any atom is -0.454 e. The van der Waals surface area contributed by atoms with E-state index in [4.69, 9.17) is 4.74 Å². The summed E-state index contributed by atoms with van der Waals surface area (Å²) >= 11 is 0. The number of likely N-dealkylation sites (N-methyl/N-ethyl adjacent to an activating group) is 1. The molecular formula is C20H24N2O5. The molecule has 1 aromatic carbocycles. The third-order valence-corrected chi connectivity index (χ3v) is 5.46. The number of fused-ring (bicyclic) bond motifs is 1. The first kappa shape index (κ1) is 19.1. The van der Waals surface area contributed by atoms with Gasteiger partial charge in [-0.2, -0.15) is 0 Å². The molecule has 27 heavy (non-hydrogen) atoms. The van der Waals surface area contributed by atoms with Gasteiger partial charge < -0.3 is 9.64 Å². The van der Waals surface area contributed by atoms with Crippen molar-refractivity contribution in [2.75, 3.05) is 18.6 Å².